The Morgan fingerprint density at radius 1 is 1.29 bits per heavy atom. The zero-order valence-corrected chi connectivity index (χ0v) is 19.1. The summed E-state index contributed by atoms with van der Waals surface area (Å²) in [5.74, 6) is -1.94. The second-order valence-electron chi connectivity index (χ2n) is 7.26. The number of thiazole rings is 1. The SMILES string of the molecule is C=N/C=C(/CC(=O)Nc1nc(-c2ccc(C(F)(F)F)cc2F)cs1)c1c(N)n(C)c(=O)n(C)c1=O. The number of aliphatic imine (C=N–C) groups is 1. The minimum atomic E-state index is -4.69. The molecule has 3 N–H and O–H groups in total. The molecule has 0 aliphatic heterocycles. The lowest BCUT2D eigenvalue weighted by atomic mass is 10.1. The van der Waals surface area contributed by atoms with Crippen LogP contribution >= 0.6 is 11.3 Å². The summed E-state index contributed by atoms with van der Waals surface area (Å²) in [7, 11) is 2.61. The van der Waals surface area contributed by atoms with Gasteiger partial charge in [-0.3, -0.25) is 23.7 Å². The molecular weight excluding hydrogens is 492 g/mol. The second-order valence-corrected chi connectivity index (χ2v) is 8.12. The van der Waals surface area contributed by atoms with Crippen molar-refractivity contribution < 1.29 is 22.4 Å². The van der Waals surface area contributed by atoms with E-state index in [1.807, 2.05) is 0 Å². The number of nitrogens with zero attached hydrogens (tertiary/aromatic N) is 4. The van der Waals surface area contributed by atoms with Crippen molar-refractivity contribution in [1.82, 2.24) is 14.1 Å². The summed E-state index contributed by atoms with van der Waals surface area (Å²) >= 11 is 0.917. The Kier molecular flexibility index (Phi) is 7.05. The number of amides is 1. The third kappa shape index (κ3) is 5.21. The molecule has 2 heterocycles. The van der Waals surface area contributed by atoms with E-state index < -0.39 is 41.1 Å². The van der Waals surface area contributed by atoms with Crippen molar-refractivity contribution in [1.29, 1.82) is 0 Å². The monoisotopic (exact) mass is 510 g/mol. The highest BCUT2D eigenvalue weighted by Gasteiger charge is 2.31. The van der Waals surface area contributed by atoms with Crippen LogP contribution < -0.4 is 22.3 Å². The molecule has 14 heteroatoms. The summed E-state index contributed by atoms with van der Waals surface area (Å²) in [6.07, 6.45) is -3.94. The van der Waals surface area contributed by atoms with E-state index in [1.165, 1.54) is 19.5 Å². The standard InChI is InChI=1S/C21H18F4N6O3S/c1-27-8-10(16-17(26)30(2)20(34)31(3)18(16)33)6-15(32)29-19-28-14(9-35-19)12-5-4-11(7-13(12)22)21(23,24)25/h4-5,7-9H,1,6,26H2,2-3H3,(H,28,29,32)/b10-8-. The van der Waals surface area contributed by atoms with E-state index in [0.717, 1.165) is 38.8 Å². The molecule has 0 saturated carbocycles. The van der Waals surface area contributed by atoms with Crippen LogP contribution in [0.1, 0.15) is 17.5 Å². The molecule has 0 spiro atoms. The first-order valence-corrected chi connectivity index (χ1v) is 10.6. The predicted molar refractivity (Wildman–Crippen MR) is 125 cm³/mol. The van der Waals surface area contributed by atoms with Crippen LogP contribution in [-0.4, -0.2) is 26.7 Å². The quantitative estimate of drug-likeness (QED) is 0.390. The van der Waals surface area contributed by atoms with Crippen molar-refractivity contribution in [2.24, 2.45) is 19.1 Å². The molecule has 9 nitrogen and oxygen atoms in total. The Morgan fingerprint density at radius 3 is 2.57 bits per heavy atom. The maximum absolute atomic E-state index is 14.2. The number of hydrogen-bond donors (Lipinski definition) is 2. The number of carbonyl (C=O) groups is 1. The fourth-order valence-electron chi connectivity index (χ4n) is 3.16. The number of nitrogens with two attached hydrogens (primary N) is 1. The van der Waals surface area contributed by atoms with Crippen molar-refractivity contribution in [2.75, 3.05) is 11.1 Å². The van der Waals surface area contributed by atoms with E-state index in [0.29, 0.717) is 6.07 Å². The van der Waals surface area contributed by atoms with Gasteiger partial charge in [-0.05, 0) is 30.5 Å². The Labute approximate surface area is 198 Å². The molecule has 184 valence electrons. The Morgan fingerprint density at radius 2 is 1.97 bits per heavy atom. The van der Waals surface area contributed by atoms with Gasteiger partial charge in [0.05, 0.1) is 23.2 Å². The first kappa shape index (κ1) is 25.6. The lowest BCUT2D eigenvalue weighted by Gasteiger charge is -2.13. The number of alkyl halides is 3. The fraction of sp³-hybridized carbons (Fsp3) is 0.190. The number of benzene rings is 1. The average Bonchev–Trinajstić information content (AvgIpc) is 3.23. The van der Waals surface area contributed by atoms with Crippen LogP contribution in [0.2, 0.25) is 0 Å². The summed E-state index contributed by atoms with van der Waals surface area (Å²) in [6.45, 7) is 3.31. The number of nitrogen functional groups attached to an aromatic ring is 1. The van der Waals surface area contributed by atoms with E-state index in [9.17, 15) is 31.9 Å². The zero-order chi connectivity index (χ0) is 26.1. The van der Waals surface area contributed by atoms with Gasteiger partial charge in [0.2, 0.25) is 5.91 Å². The van der Waals surface area contributed by atoms with Gasteiger partial charge in [0, 0.05) is 31.2 Å². The third-order valence-electron chi connectivity index (χ3n) is 4.95. The molecule has 3 rings (SSSR count). The van der Waals surface area contributed by atoms with Crippen molar-refractivity contribution in [2.45, 2.75) is 12.6 Å². The van der Waals surface area contributed by atoms with Crippen molar-refractivity contribution >= 4 is 40.5 Å². The van der Waals surface area contributed by atoms with Crippen LogP contribution in [0.4, 0.5) is 28.5 Å². The first-order chi connectivity index (χ1) is 16.3. The summed E-state index contributed by atoms with van der Waals surface area (Å²) in [5, 5.41) is 3.87. The van der Waals surface area contributed by atoms with Gasteiger partial charge in [0.15, 0.2) is 5.13 Å². The summed E-state index contributed by atoms with van der Waals surface area (Å²) < 4.78 is 54.4. The number of nitrogens with one attached hydrogen (secondary N) is 1. The Hall–Kier alpha value is -4.07. The average molecular weight is 510 g/mol. The number of aromatic nitrogens is 3. The molecule has 2 aromatic heterocycles. The minimum absolute atomic E-state index is 0.0243. The molecular formula is C21H18F4N6O3S. The highest BCUT2D eigenvalue weighted by molar-refractivity contribution is 7.14. The lowest BCUT2D eigenvalue weighted by molar-refractivity contribution is -0.137. The molecule has 0 fully saturated rings. The van der Waals surface area contributed by atoms with Crippen LogP contribution in [0.3, 0.4) is 0 Å². The molecule has 0 radical (unpaired) electrons. The van der Waals surface area contributed by atoms with Gasteiger partial charge in [0.1, 0.15) is 11.6 Å². The van der Waals surface area contributed by atoms with Crippen LogP contribution in [0.15, 0.2) is 44.4 Å². The molecule has 0 bridgehead atoms. The van der Waals surface area contributed by atoms with Crippen LogP contribution in [0.25, 0.3) is 16.8 Å². The van der Waals surface area contributed by atoms with Crippen molar-refractivity contribution in [3.05, 3.63) is 67.6 Å². The van der Waals surface area contributed by atoms with Crippen molar-refractivity contribution in [3.63, 3.8) is 0 Å². The number of halogens is 4. The van der Waals surface area contributed by atoms with Gasteiger partial charge in [-0.2, -0.15) is 13.2 Å². The minimum Gasteiger partial charge on any atom is -0.384 e. The highest BCUT2D eigenvalue weighted by Crippen LogP contribution is 2.33. The summed E-state index contributed by atoms with van der Waals surface area (Å²) in [5.41, 5.74) is 3.23. The van der Waals surface area contributed by atoms with Gasteiger partial charge >= 0.3 is 11.9 Å². The molecule has 3 aromatic rings. The number of carbonyl (C=O) groups excluding carboxylic acids is 1. The molecule has 0 atom stereocenters. The van der Waals surface area contributed by atoms with E-state index in [1.54, 1.807) is 0 Å². The van der Waals surface area contributed by atoms with Gasteiger partial charge in [-0.25, -0.2) is 14.2 Å². The molecule has 0 saturated heterocycles. The molecule has 1 amide bonds. The third-order valence-corrected chi connectivity index (χ3v) is 5.71. The number of rotatable bonds is 6. The van der Waals surface area contributed by atoms with Crippen LogP contribution in [0.5, 0.6) is 0 Å². The van der Waals surface area contributed by atoms with Gasteiger partial charge < -0.3 is 11.1 Å². The normalized spacial score (nSPS) is 12.0. The smallest absolute Gasteiger partial charge is 0.384 e. The lowest BCUT2D eigenvalue weighted by Crippen LogP contribution is -2.40. The Bertz CT molecular complexity index is 1470. The zero-order valence-electron chi connectivity index (χ0n) is 18.3. The first-order valence-electron chi connectivity index (χ1n) is 9.68. The van der Waals surface area contributed by atoms with E-state index in [2.05, 4.69) is 22.0 Å². The topological polar surface area (TPSA) is 124 Å². The predicted octanol–water partition coefficient (Wildman–Crippen LogP) is 3.02. The number of hydrogen-bond acceptors (Lipinski definition) is 7. The van der Waals surface area contributed by atoms with Gasteiger partial charge in [-0.1, -0.05) is 0 Å². The van der Waals surface area contributed by atoms with E-state index in [-0.39, 0.29) is 33.3 Å². The maximum atomic E-state index is 14.2. The van der Waals surface area contributed by atoms with E-state index in [4.69, 9.17) is 5.73 Å². The van der Waals surface area contributed by atoms with Gasteiger partial charge in [-0.15, -0.1) is 11.3 Å². The molecule has 35 heavy (non-hydrogen) atoms. The highest BCUT2D eigenvalue weighted by atomic mass is 32.1. The largest absolute Gasteiger partial charge is 0.416 e. The Balaban J connectivity index is 1.85. The van der Waals surface area contributed by atoms with E-state index >= 15 is 0 Å². The maximum Gasteiger partial charge on any atom is 0.416 e. The molecule has 0 unspecified atom stereocenters. The summed E-state index contributed by atoms with van der Waals surface area (Å²) in [4.78, 5) is 44.9. The summed E-state index contributed by atoms with van der Waals surface area (Å²) in [6, 6.07) is 2.05. The number of anilines is 2. The van der Waals surface area contributed by atoms with Crippen molar-refractivity contribution in [3.8, 4) is 11.3 Å². The molecule has 0 aliphatic rings. The molecule has 1 aromatic carbocycles. The van der Waals surface area contributed by atoms with Crippen LogP contribution in [0, 0.1) is 5.82 Å². The van der Waals surface area contributed by atoms with Crippen LogP contribution in [-0.2, 0) is 25.1 Å². The molecule has 0 aliphatic carbocycles. The fourth-order valence-corrected chi connectivity index (χ4v) is 3.89. The second kappa shape index (κ2) is 9.66. The van der Waals surface area contributed by atoms with Gasteiger partial charge in [0.25, 0.3) is 5.56 Å².